The molecule has 0 fully saturated rings. The summed E-state index contributed by atoms with van der Waals surface area (Å²) in [5.74, 6) is 0. The molecule has 6 aromatic carbocycles. The number of hydrogen-bond acceptors (Lipinski definition) is 2. The zero-order valence-corrected chi connectivity index (χ0v) is 21.1. The van der Waals surface area contributed by atoms with Crippen molar-refractivity contribution in [2.45, 2.75) is 0 Å². The fourth-order valence-corrected chi connectivity index (χ4v) is 4.88. The van der Waals surface area contributed by atoms with Gasteiger partial charge in [-0.05, 0) is 71.8 Å². The third-order valence-electron chi connectivity index (χ3n) is 6.62. The van der Waals surface area contributed by atoms with Gasteiger partial charge in [0.05, 0.1) is 11.4 Å². The van der Waals surface area contributed by atoms with Crippen LogP contribution in [-0.4, -0.2) is 0 Å². The molecule has 2 heteroatoms. The Morgan fingerprint density at radius 3 is 1.08 bits per heavy atom. The van der Waals surface area contributed by atoms with E-state index in [1.165, 1.54) is 11.1 Å². The minimum Gasteiger partial charge on any atom is -0.308 e. The molecule has 6 rings (SSSR count). The van der Waals surface area contributed by atoms with Gasteiger partial charge in [-0.25, -0.2) is 0 Å². The first-order chi connectivity index (χ1) is 18.9. The summed E-state index contributed by atoms with van der Waals surface area (Å²) in [5.41, 5.74) is 9.00. The van der Waals surface area contributed by atoms with Crippen LogP contribution in [0.15, 0.2) is 170 Å². The number of para-hydroxylation sites is 5. The molecule has 0 aliphatic carbocycles. The van der Waals surface area contributed by atoms with E-state index in [4.69, 9.17) is 0 Å². The summed E-state index contributed by atoms with van der Waals surface area (Å²) in [6.07, 6.45) is 0. The van der Waals surface area contributed by atoms with E-state index in [1.807, 2.05) is 0 Å². The fraction of sp³-hybridized carbons (Fsp3) is 0. The van der Waals surface area contributed by atoms with Crippen molar-refractivity contribution in [3.8, 4) is 11.1 Å². The SMILES string of the molecule is c1ccc(-c2cccc(N(c3ccccc3)c3ccccc3N(c3ccccc3)c3ccccc3)c2)cc1. The number of anilines is 6. The highest BCUT2D eigenvalue weighted by molar-refractivity contribution is 5.91. The van der Waals surface area contributed by atoms with Crippen molar-refractivity contribution in [2.24, 2.45) is 0 Å². The second kappa shape index (κ2) is 10.9. The maximum Gasteiger partial charge on any atom is 0.0702 e. The molecular formula is C36H28N2. The molecule has 0 saturated carbocycles. The minimum atomic E-state index is 1.09. The lowest BCUT2D eigenvalue weighted by Crippen LogP contribution is -2.16. The highest BCUT2D eigenvalue weighted by Gasteiger charge is 2.21. The number of hydrogen-bond donors (Lipinski definition) is 0. The largest absolute Gasteiger partial charge is 0.308 e. The van der Waals surface area contributed by atoms with Crippen molar-refractivity contribution >= 4 is 34.1 Å². The van der Waals surface area contributed by atoms with E-state index in [2.05, 4.69) is 180 Å². The molecule has 6 aromatic rings. The van der Waals surface area contributed by atoms with Crippen LogP contribution in [0, 0.1) is 0 Å². The monoisotopic (exact) mass is 488 g/mol. The van der Waals surface area contributed by atoms with Crippen LogP contribution < -0.4 is 9.80 Å². The summed E-state index contributed by atoms with van der Waals surface area (Å²) in [4.78, 5) is 4.67. The topological polar surface area (TPSA) is 6.48 Å². The molecule has 0 atom stereocenters. The molecule has 182 valence electrons. The van der Waals surface area contributed by atoms with E-state index in [0.29, 0.717) is 0 Å². The average molecular weight is 489 g/mol. The Morgan fingerprint density at radius 2 is 0.605 bits per heavy atom. The Morgan fingerprint density at radius 1 is 0.263 bits per heavy atom. The van der Waals surface area contributed by atoms with Crippen molar-refractivity contribution in [1.29, 1.82) is 0 Å². The van der Waals surface area contributed by atoms with E-state index in [-0.39, 0.29) is 0 Å². The molecule has 0 spiro atoms. The molecular weight excluding hydrogens is 460 g/mol. The first-order valence-corrected chi connectivity index (χ1v) is 12.9. The lowest BCUT2D eigenvalue weighted by atomic mass is 10.0. The van der Waals surface area contributed by atoms with Gasteiger partial charge in [0.2, 0.25) is 0 Å². The lowest BCUT2D eigenvalue weighted by Gasteiger charge is -2.33. The van der Waals surface area contributed by atoms with Gasteiger partial charge in [0.25, 0.3) is 0 Å². The first-order valence-electron chi connectivity index (χ1n) is 12.9. The van der Waals surface area contributed by atoms with Crippen LogP contribution in [0.25, 0.3) is 11.1 Å². The van der Waals surface area contributed by atoms with Crippen LogP contribution in [0.4, 0.5) is 34.1 Å². The second-order valence-corrected chi connectivity index (χ2v) is 9.08. The van der Waals surface area contributed by atoms with Crippen LogP contribution in [-0.2, 0) is 0 Å². The molecule has 0 bridgehead atoms. The maximum atomic E-state index is 2.35. The van der Waals surface area contributed by atoms with Crippen molar-refractivity contribution in [3.63, 3.8) is 0 Å². The summed E-state index contributed by atoms with van der Waals surface area (Å²) >= 11 is 0. The second-order valence-electron chi connectivity index (χ2n) is 9.08. The average Bonchev–Trinajstić information content (AvgIpc) is 3.01. The van der Waals surface area contributed by atoms with Crippen LogP contribution in [0.1, 0.15) is 0 Å². The smallest absolute Gasteiger partial charge is 0.0702 e. The molecule has 2 nitrogen and oxygen atoms in total. The van der Waals surface area contributed by atoms with Gasteiger partial charge in [0, 0.05) is 22.7 Å². The van der Waals surface area contributed by atoms with E-state index < -0.39 is 0 Å². The number of nitrogens with zero attached hydrogens (tertiary/aromatic N) is 2. The Kier molecular flexibility index (Phi) is 6.69. The van der Waals surface area contributed by atoms with Gasteiger partial charge in [0.15, 0.2) is 0 Å². The van der Waals surface area contributed by atoms with Crippen molar-refractivity contribution in [3.05, 3.63) is 170 Å². The molecule has 0 heterocycles. The van der Waals surface area contributed by atoms with Crippen molar-refractivity contribution < 1.29 is 0 Å². The quantitative estimate of drug-likeness (QED) is 0.220. The van der Waals surface area contributed by atoms with Gasteiger partial charge >= 0.3 is 0 Å². The van der Waals surface area contributed by atoms with Crippen LogP contribution in [0.2, 0.25) is 0 Å². The lowest BCUT2D eigenvalue weighted by molar-refractivity contribution is 1.23. The summed E-state index contributed by atoms with van der Waals surface area (Å²) < 4.78 is 0. The van der Waals surface area contributed by atoms with Gasteiger partial charge in [-0.3, -0.25) is 0 Å². The third-order valence-corrected chi connectivity index (χ3v) is 6.62. The predicted octanol–water partition coefficient (Wildman–Crippen LogP) is 10.3. The summed E-state index contributed by atoms with van der Waals surface area (Å²) in [5, 5.41) is 0. The van der Waals surface area contributed by atoms with Gasteiger partial charge in [-0.1, -0.05) is 109 Å². The standard InChI is InChI=1S/C36H28N2/c1-5-16-29(17-6-1)30-18-15-25-34(28-30)38(33-23-11-4-12-24-33)36-27-14-13-26-35(36)37(31-19-7-2-8-20-31)32-21-9-3-10-22-32/h1-28H. The zero-order chi connectivity index (χ0) is 25.6. The van der Waals surface area contributed by atoms with Crippen LogP contribution in [0.5, 0.6) is 0 Å². The first kappa shape index (κ1) is 23.3. The molecule has 0 radical (unpaired) electrons. The molecule has 0 amide bonds. The molecule has 0 aromatic heterocycles. The zero-order valence-electron chi connectivity index (χ0n) is 21.1. The van der Waals surface area contributed by atoms with E-state index in [0.717, 1.165) is 34.1 Å². The van der Waals surface area contributed by atoms with Crippen LogP contribution >= 0.6 is 0 Å². The molecule has 0 N–H and O–H groups in total. The number of rotatable bonds is 7. The maximum absolute atomic E-state index is 2.35. The van der Waals surface area contributed by atoms with Gasteiger partial charge in [0.1, 0.15) is 0 Å². The summed E-state index contributed by atoms with van der Waals surface area (Å²) in [7, 11) is 0. The Bertz CT molecular complexity index is 1560. The fourth-order valence-electron chi connectivity index (χ4n) is 4.88. The van der Waals surface area contributed by atoms with E-state index in [1.54, 1.807) is 0 Å². The van der Waals surface area contributed by atoms with Gasteiger partial charge < -0.3 is 9.80 Å². The van der Waals surface area contributed by atoms with Crippen molar-refractivity contribution in [2.75, 3.05) is 9.80 Å². The molecule has 0 aliphatic rings. The highest BCUT2D eigenvalue weighted by Crippen LogP contribution is 2.45. The van der Waals surface area contributed by atoms with Crippen LogP contribution in [0.3, 0.4) is 0 Å². The highest BCUT2D eigenvalue weighted by atomic mass is 15.2. The molecule has 38 heavy (non-hydrogen) atoms. The van der Waals surface area contributed by atoms with Gasteiger partial charge in [-0.2, -0.15) is 0 Å². The third kappa shape index (κ3) is 4.80. The Balaban J connectivity index is 1.56. The number of benzene rings is 6. The predicted molar refractivity (Wildman–Crippen MR) is 161 cm³/mol. The van der Waals surface area contributed by atoms with E-state index in [9.17, 15) is 0 Å². The molecule has 0 unspecified atom stereocenters. The Hall–Kier alpha value is -5.08. The molecule has 0 aliphatic heterocycles. The summed E-state index contributed by atoms with van der Waals surface area (Å²) in [6, 6.07) is 59.7. The summed E-state index contributed by atoms with van der Waals surface area (Å²) in [6.45, 7) is 0. The van der Waals surface area contributed by atoms with E-state index >= 15 is 0 Å². The van der Waals surface area contributed by atoms with Crippen molar-refractivity contribution in [1.82, 2.24) is 0 Å². The minimum absolute atomic E-state index is 1.09. The molecule has 0 saturated heterocycles. The van der Waals surface area contributed by atoms with Gasteiger partial charge in [-0.15, -0.1) is 0 Å². The Labute approximate surface area is 224 Å². The normalized spacial score (nSPS) is 10.6.